The maximum atomic E-state index is 12.8. The lowest BCUT2D eigenvalue weighted by Gasteiger charge is -2.08. The van der Waals surface area contributed by atoms with Crippen molar-refractivity contribution in [1.82, 2.24) is 0 Å². The van der Waals surface area contributed by atoms with E-state index in [2.05, 4.69) is 0 Å². The normalized spacial score (nSPS) is 15.0. The zero-order valence-corrected chi connectivity index (χ0v) is 17.1. The van der Waals surface area contributed by atoms with Gasteiger partial charge < -0.3 is 18.9 Å². The molecule has 2 aliphatic rings. The van der Waals surface area contributed by atoms with E-state index in [9.17, 15) is 9.59 Å². The largest absolute Gasteiger partial charge is 0.454 e. The standard InChI is InChI=1S/C24H15ClO6/c1-13-8-16(30-24(27)15-6-7-18-19(10-15)29-12-28-18)11-20-22(13)23(26)21(31-20)9-14-4-2-3-5-17(14)25/h2-11H,12H2,1H3/b21-9-. The van der Waals surface area contributed by atoms with Gasteiger partial charge in [-0.1, -0.05) is 29.8 Å². The van der Waals surface area contributed by atoms with Crippen LogP contribution in [-0.4, -0.2) is 18.5 Å². The van der Waals surface area contributed by atoms with Gasteiger partial charge in [0.2, 0.25) is 12.6 Å². The number of hydrogen-bond acceptors (Lipinski definition) is 6. The van der Waals surface area contributed by atoms with Gasteiger partial charge >= 0.3 is 5.97 Å². The molecule has 0 bridgehead atoms. The molecule has 0 aliphatic carbocycles. The molecule has 2 heterocycles. The number of fused-ring (bicyclic) bond motifs is 2. The Bertz CT molecular complexity index is 1280. The van der Waals surface area contributed by atoms with Gasteiger partial charge in [0.15, 0.2) is 17.3 Å². The highest BCUT2D eigenvalue weighted by atomic mass is 35.5. The third kappa shape index (κ3) is 3.51. The average Bonchev–Trinajstić information content (AvgIpc) is 3.33. The highest BCUT2D eigenvalue weighted by Crippen LogP contribution is 2.38. The molecule has 5 rings (SSSR count). The molecule has 7 heteroatoms. The van der Waals surface area contributed by atoms with Gasteiger partial charge in [-0.15, -0.1) is 0 Å². The van der Waals surface area contributed by atoms with Gasteiger partial charge in [-0.05, 0) is 54.5 Å². The van der Waals surface area contributed by atoms with Crippen LogP contribution in [0.1, 0.15) is 31.8 Å². The maximum Gasteiger partial charge on any atom is 0.343 e. The highest BCUT2D eigenvalue weighted by molar-refractivity contribution is 6.32. The lowest BCUT2D eigenvalue weighted by Crippen LogP contribution is -2.08. The molecule has 0 fully saturated rings. The Morgan fingerprint density at radius 3 is 2.68 bits per heavy atom. The predicted molar refractivity (Wildman–Crippen MR) is 113 cm³/mol. The van der Waals surface area contributed by atoms with E-state index in [-0.39, 0.29) is 24.1 Å². The number of benzene rings is 3. The SMILES string of the molecule is Cc1cc(OC(=O)c2ccc3c(c2)OCO3)cc2c1C(=O)/C(=C/c1ccccc1Cl)O2. The van der Waals surface area contributed by atoms with Crippen LogP contribution in [0, 0.1) is 6.92 Å². The number of Topliss-reactive ketones (excluding diaryl/α,β-unsaturated/α-hetero) is 1. The van der Waals surface area contributed by atoms with Crippen LogP contribution in [0.25, 0.3) is 6.08 Å². The van der Waals surface area contributed by atoms with E-state index in [0.717, 1.165) is 0 Å². The molecule has 0 spiro atoms. The van der Waals surface area contributed by atoms with Gasteiger partial charge in [0.05, 0.1) is 11.1 Å². The van der Waals surface area contributed by atoms with Crippen LogP contribution in [0.4, 0.5) is 0 Å². The van der Waals surface area contributed by atoms with Gasteiger partial charge in [0.1, 0.15) is 11.5 Å². The first-order valence-electron chi connectivity index (χ1n) is 9.45. The highest BCUT2D eigenvalue weighted by Gasteiger charge is 2.30. The third-order valence-corrected chi connectivity index (χ3v) is 5.30. The van der Waals surface area contributed by atoms with E-state index in [1.807, 2.05) is 6.07 Å². The Morgan fingerprint density at radius 1 is 1.03 bits per heavy atom. The number of aryl methyl sites for hydroxylation is 1. The van der Waals surface area contributed by atoms with Crippen molar-refractivity contribution in [2.75, 3.05) is 6.79 Å². The second kappa shape index (κ2) is 7.49. The molecular weight excluding hydrogens is 420 g/mol. The molecule has 31 heavy (non-hydrogen) atoms. The summed E-state index contributed by atoms with van der Waals surface area (Å²) >= 11 is 6.18. The summed E-state index contributed by atoms with van der Waals surface area (Å²) in [6.07, 6.45) is 1.60. The Balaban J connectivity index is 1.41. The van der Waals surface area contributed by atoms with Crippen LogP contribution in [0.15, 0.2) is 60.4 Å². The molecule has 0 radical (unpaired) electrons. The van der Waals surface area contributed by atoms with Crippen molar-refractivity contribution < 1.29 is 28.5 Å². The second-order valence-electron chi connectivity index (χ2n) is 7.03. The molecule has 0 N–H and O–H groups in total. The summed E-state index contributed by atoms with van der Waals surface area (Å²) in [7, 11) is 0. The van der Waals surface area contributed by atoms with Gasteiger partial charge in [-0.3, -0.25) is 4.79 Å². The number of allylic oxidation sites excluding steroid dienone is 1. The molecule has 0 saturated heterocycles. The summed E-state index contributed by atoms with van der Waals surface area (Å²) < 4.78 is 21.8. The maximum absolute atomic E-state index is 12.8. The van der Waals surface area contributed by atoms with Crippen LogP contribution in [0.2, 0.25) is 5.02 Å². The Hall–Kier alpha value is -3.77. The third-order valence-electron chi connectivity index (χ3n) is 4.95. The van der Waals surface area contributed by atoms with Crippen LogP contribution in [-0.2, 0) is 0 Å². The van der Waals surface area contributed by atoms with Crippen molar-refractivity contribution in [2.45, 2.75) is 6.92 Å². The van der Waals surface area contributed by atoms with Crippen LogP contribution >= 0.6 is 11.6 Å². The molecule has 6 nitrogen and oxygen atoms in total. The van der Waals surface area contributed by atoms with Crippen molar-refractivity contribution in [3.8, 4) is 23.0 Å². The monoisotopic (exact) mass is 434 g/mol. The zero-order valence-electron chi connectivity index (χ0n) is 16.3. The fourth-order valence-electron chi connectivity index (χ4n) is 3.46. The van der Waals surface area contributed by atoms with Gasteiger partial charge in [-0.25, -0.2) is 4.79 Å². The minimum Gasteiger partial charge on any atom is -0.454 e. The van der Waals surface area contributed by atoms with E-state index in [1.165, 1.54) is 6.07 Å². The number of carbonyl (C=O) groups is 2. The summed E-state index contributed by atoms with van der Waals surface area (Å²) in [4.78, 5) is 25.4. The van der Waals surface area contributed by atoms with E-state index in [4.69, 9.17) is 30.5 Å². The summed E-state index contributed by atoms with van der Waals surface area (Å²) in [6.45, 7) is 1.88. The molecule has 3 aromatic rings. The van der Waals surface area contributed by atoms with E-state index in [0.29, 0.717) is 44.5 Å². The fraction of sp³-hybridized carbons (Fsp3) is 0.0833. The van der Waals surface area contributed by atoms with Crippen molar-refractivity contribution in [3.05, 3.63) is 87.6 Å². The van der Waals surface area contributed by atoms with Crippen molar-refractivity contribution in [3.63, 3.8) is 0 Å². The van der Waals surface area contributed by atoms with Crippen molar-refractivity contribution >= 4 is 29.4 Å². The van der Waals surface area contributed by atoms with Gasteiger partial charge in [-0.2, -0.15) is 0 Å². The molecule has 3 aromatic carbocycles. The Labute approximate surface area is 182 Å². The molecule has 0 unspecified atom stereocenters. The average molecular weight is 435 g/mol. The van der Waals surface area contributed by atoms with E-state index >= 15 is 0 Å². The zero-order chi connectivity index (χ0) is 21.5. The second-order valence-corrected chi connectivity index (χ2v) is 7.44. The Kier molecular flexibility index (Phi) is 4.64. The molecule has 154 valence electrons. The van der Waals surface area contributed by atoms with Crippen molar-refractivity contribution in [2.24, 2.45) is 0 Å². The number of ether oxygens (including phenoxy) is 4. The lowest BCUT2D eigenvalue weighted by atomic mass is 10.0. The first-order chi connectivity index (χ1) is 15.0. The molecule has 2 aliphatic heterocycles. The first-order valence-corrected chi connectivity index (χ1v) is 9.82. The number of halogens is 1. The molecule has 0 aromatic heterocycles. The predicted octanol–water partition coefficient (Wildman–Crippen LogP) is 5.21. The molecule has 0 amide bonds. The minimum absolute atomic E-state index is 0.118. The topological polar surface area (TPSA) is 71.1 Å². The molecular formula is C24H15ClO6. The number of hydrogen-bond donors (Lipinski definition) is 0. The molecule has 0 atom stereocenters. The minimum atomic E-state index is -0.561. The van der Waals surface area contributed by atoms with Gasteiger partial charge in [0.25, 0.3) is 0 Å². The first kappa shape index (κ1) is 19.2. The smallest absolute Gasteiger partial charge is 0.343 e. The summed E-state index contributed by atoms with van der Waals surface area (Å²) in [6, 6.07) is 15.1. The number of rotatable bonds is 3. The number of esters is 1. The van der Waals surface area contributed by atoms with Crippen molar-refractivity contribution in [1.29, 1.82) is 0 Å². The van der Waals surface area contributed by atoms with Crippen LogP contribution < -0.4 is 18.9 Å². The fourth-order valence-corrected chi connectivity index (χ4v) is 3.65. The number of carbonyl (C=O) groups excluding carboxylic acids is 2. The quantitative estimate of drug-likeness (QED) is 0.320. The molecule has 0 saturated carbocycles. The summed E-state index contributed by atoms with van der Waals surface area (Å²) in [5.74, 6) is 1.01. The van der Waals surface area contributed by atoms with Crippen LogP contribution in [0.5, 0.6) is 23.0 Å². The summed E-state index contributed by atoms with van der Waals surface area (Å²) in [5.41, 5.74) is 2.06. The number of ketones is 1. The summed E-state index contributed by atoms with van der Waals surface area (Å²) in [5, 5.41) is 0.512. The lowest BCUT2D eigenvalue weighted by molar-refractivity contribution is 0.0734. The Morgan fingerprint density at radius 2 is 1.84 bits per heavy atom. The van der Waals surface area contributed by atoms with E-state index in [1.54, 1.807) is 55.5 Å². The van der Waals surface area contributed by atoms with Gasteiger partial charge in [0, 0.05) is 11.1 Å². The van der Waals surface area contributed by atoms with Crippen LogP contribution in [0.3, 0.4) is 0 Å². The van der Waals surface area contributed by atoms with E-state index < -0.39 is 5.97 Å².